The van der Waals surface area contributed by atoms with Crippen LogP contribution in [0.2, 0.25) is 10.0 Å². The van der Waals surface area contributed by atoms with Gasteiger partial charge < -0.3 is 4.57 Å². The Morgan fingerprint density at radius 3 is 2.35 bits per heavy atom. The number of halogens is 2. The van der Waals surface area contributed by atoms with Gasteiger partial charge in [0.15, 0.2) is 0 Å². The van der Waals surface area contributed by atoms with Gasteiger partial charge in [-0.05, 0) is 53.9 Å². The van der Waals surface area contributed by atoms with Crippen LogP contribution in [-0.2, 0) is 16.1 Å². The van der Waals surface area contributed by atoms with Gasteiger partial charge in [0.25, 0.3) is 11.8 Å². The predicted molar refractivity (Wildman–Crippen MR) is 132 cm³/mol. The van der Waals surface area contributed by atoms with E-state index in [2.05, 4.69) is 21.8 Å². The number of hydrogen-bond donors (Lipinski definition) is 0. The number of para-hydroxylation sites is 1. The zero-order valence-electron chi connectivity index (χ0n) is 18.1. The lowest BCUT2D eigenvalue weighted by Gasteiger charge is -2.37. The summed E-state index contributed by atoms with van der Waals surface area (Å²) >= 11 is 12.3. The predicted octanol–water partition coefficient (Wildman–Crippen LogP) is 5.38. The minimum atomic E-state index is -0.237. The number of nitrogens with zero attached hydrogens (tertiary/aromatic N) is 3. The number of carbonyl (C=O) groups is 2. The van der Waals surface area contributed by atoms with Crippen LogP contribution in [0.15, 0.2) is 65.9 Å². The molecule has 2 aromatic carbocycles. The third-order valence-corrected chi connectivity index (χ3v) is 8.85. The summed E-state index contributed by atoms with van der Waals surface area (Å²) in [4.78, 5) is 26.4. The normalized spacial score (nSPS) is 31.1. The fourth-order valence-corrected chi connectivity index (χ4v) is 6.84. The van der Waals surface area contributed by atoms with Crippen LogP contribution >= 0.6 is 23.2 Å². The molecule has 2 heterocycles. The van der Waals surface area contributed by atoms with Crippen molar-refractivity contribution in [3.05, 3.63) is 82.0 Å². The molecule has 3 aromatic rings. The second kappa shape index (κ2) is 7.30. The number of imide groups is 1. The van der Waals surface area contributed by atoms with Crippen molar-refractivity contribution in [1.82, 2.24) is 9.58 Å². The standard InChI is InChI=1S/C27H21Cl2N3O2/c28-21-8-5-14(9-22(21)29)12-31-13-15(16-3-1-2-4-23(16)31)11-30-32-26(33)24-17-6-7-18(20-10-19(17)20)25(24)27(32)34/h1-9,11,13,17-20,24-25H,10,12H2/t17-,18-,19-,20+,24-,25+/m0/s1. The number of rotatable bonds is 4. The average molecular weight is 490 g/mol. The highest BCUT2D eigenvalue weighted by Crippen LogP contribution is 2.65. The molecule has 8 rings (SSSR count). The SMILES string of the molecule is O=C1[C@@H]2[C@H]3C=C[C@@H]([C@@H]4C[C@H]34)[C@@H]2C(=O)N1N=Cc1cn(Cc2ccc(Cl)c(Cl)c2)c2ccccc12. The summed E-state index contributed by atoms with van der Waals surface area (Å²) in [7, 11) is 0. The zero-order chi connectivity index (χ0) is 23.1. The highest BCUT2D eigenvalue weighted by Gasteiger charge is 2.67. The molecule has 5 nitrogen and oxygen atoms in total. The smallest absolute Gasteiger partial charge is 0.254 e. The molecular formula is C27H21Cl2N3O2. The Balaban J connectivity index is 1.20. The molecule has 34 heavy (non-hydrogen) atoms. The number of fused-ring (bicyclic) bond motifs is 1. The van der Waals surface area contributed by atoms with E-state index >= 15 is 0 Å². The van der Waals surface area contributed by atoms with Gasteiger partial charge in [-0.15, -0.1) is 0 Å². The van der Waals surface area contributed by atoms with Crippen molar-refractivity contribution in [2.45, 2.75) is 13.0 Å². The van der Waals surface area contributed by atoms with Gasteiger partial charge in [-0.3, -0.25) is 9.59 Å². The maximum atomic E-state index is 13.2. The van der Waals surface area contributed by atoms with E-state index in [0.717, 1.165) is 33.5 Å². The van der Waals surface area contributed by atoms with E-state index in [9.17, 15) is 9.59 Å². The van der Waals surface area contributed by atoms with Crippen molar-refractivity contribution in [2.24, 2.45) is 40.6 Å². The summed E-state index contributed by atoms with van der Waals surface area (Å²) < 4.78 is 2.11. The van der Waals surface area contributed by atoms with Gasteiger partial charge in [-0.25, -0.2) is 0 Å². The van der Waals surface area contributed by atoms with E-state index in [0.29, 0.717) is 28.4 Å². The first-order valence-corrected chi connectivity index (χ1v) is 12.4. The van der Waals surface area contributed by atoms with Crippen LogP contribution in [0.1, 0.15) is 17.5 Å². The molecule has 3 fully saturated rings. The van der Waals surface area contributed by atoms with Gasteiger partial charge in [-0.1, -0.05) is 59.6 Å². The molecular weight excluding hydrogens is 469 g/mol. The maximum absolute atomic E-state index is 13.2. The maximum Gasteiger partial charge on any atom is 0.254 e. The molecule has 1 aliphatic heterocycles. The quantitative estimate of drug-likeness (QED) is 0.280. The third-order valence-electron chi connectivity index (χ3n) is 8.11. The zero-order valence-corrected chi connectivity index (χ0v) is 19.7. The van der Waals surface area contributed by atoms with Crippen LogP contribution in [0, 0.1) is 35.5 Å². The number of hydrogen-bond acceptors (Lipinski definition) is 3. The van der Waals surface area contributed by atoms with Gasteiger partial charge in [0.1, 0.15) is 0 Å². The van der Waals surface area contributed by atoms with Crippen LogP contribution in [0.25, 0.3) is 10.9 Å². The third kappa shape index (κ3) is 2.90. The Morgan fingerprint density at radius 1 is 0.941 bits per heavy atom. The average Bonchev–Trinajstić information content (AvgIpc) is 3.55. The molecule has 1 saturated heterocycles. The summed E-state index contributed by atoms with van der Waals surface area (Å²) in [6.07, 6.45) is 9.15. The molecule has 2 amide bonds. The van der Waals surface area contributed by atoms with Crippen molar-refractivity contribution < 1.29 is 9.59 Å². The molecule has 0 spiro atoms. The largest absolute Gasteiger partial charge is 0.342 e. The molecule has 0 unspecified atom stereocenters. The molecule has 0 N–H and O–H groups in total. The Labute approximate surface area is 206 Å². The molecule has 6 atom stereocenters. The number of hydrazone groups is 1. The summed E-state index contributed by atoms with van der Waals surface area (Å²) in [5.74, 6) is 0.798. The van der Waals surface area contributed by atoms with Crippen molar-refractivity contribution in [1.29, 1.82) is 0 Å². The van der Waals surface area contributed by atoms with Crippen LogP contribution in [0.4, 0.5) is 0 Å². The molecule has 0 radical (unpaired) electrons. The number of allylic oxidation sites excluding steroid dienone is 2. The number of amides is 2. The van der Waals surface area contributed by atoms with Gasteiger partial charge in [0.2, 0.25) is 0 Å². The summed E-state index contributed by atoms with van der Waals surface area (Å²) in [5.41, 5.74) is 2.91. The van der Waals surface area contributed by atoms with Crippen molar-refractivity contribution in [3.63, 3.8) is 0 Å². The van der Waals surface area contributed by atoms with E-state index in [1.807, 2.05) is 42.6 Å². The van der Waals surface area contributed by atoms with Gasteiger partial charge in [0.05, 0.1) is 28.1 Å². The van der Waals surface area contributed by atoms with Crippen LogP contribution in [-0.4, -0.2) is 27.6 Å². The minimum Gasteiger partial charge on any atom is -0.342 e. The molecule has 2 bridgehead atoms. The van der Waals surface area contributed by atoms with Gasteiger partial charge in [0, 0.05) is 29.2 Å². The molecule has 170 valence electrons. The topological polar surface area (TPSA) is 54.7 Å². The van der Waals surface area contributed by atoms with E-state index in [4.69, 9.17) is 23.2 Å². The summed E-state index contributed by atoms with van der Waals surface area (Å²) in [6.45, 7) is 0.606. The fourth-order valence-electron chi connectivity index (χ4n) is 6.52. The lowest BCUT2D eigenvalue weighted by molar-refractivity contribution is -0.140. The van der Waals surface area contributed by atoms with Crippen LogP contribution < -0.4 is 0 Å². The van der Waals surface area contributed by atoms with Crippen molar-refractivity contribution >= 4 is 52.1 Å². The summed E-state index contributed by atoms with van der Waals surface area (Å²) in [5, 5.41) is 7.63. The first-order valence-electron chi connectivity index (χ1n) is 11.6. The molecule has 4 aliphatic carbocycles. The van der Waals surface area contributed by atoms with Crippen molar-refractivity contribution in [2.75, 3.05) is 0 Å². The monoisotopic (exact) mass is 489 g/mol. The van der Waals surface area contributed by atoms with Gasteiger partial charge >= 0.3 is 0 Å². The Hall–Kier alpha value is -2.89. The first-order chi connectivity index (χ1) is 16.5. The Morgan fingerprint density at radius 2 is 1.65 bits per heavy atom. The van der Waals surface area contributed by atoms with E-state index in [1.165, 1.54) is 0 Å². The Bertz CT molecular complexity index is 1400. The second-order valence-corrected chi connectivity index (χ2v) is 10.7. The lowest BCUT2D eigenvalue weighted by atomic mass is 9.63. The lowest BCUT2D eigenvalue weighted by Crippen LogP contribution is -2.40. The number of benzene rings is 2. The van der Waals surface area contributed by atoms with E-state index in [-0.39, 0.29) is 35.5 Å². The minimum absolute atomic E-state index is 0.143. The van der Waals surface area contributed by atoms with E-state index in [1.54, 1.807) is 12.3 Å². The molecule has 5 aliphatic rings. The highest BCUT2D eigenvalue weighted by molar-refractivity contribution is 6.42. The second-order valence-electron chi connectivity index (χ2n) is 9.87. The first kappa shape index (κ1) is 20.5. The van der Waals surface area contributed by atoms with Crippen molar-refractivity contribution in [3.8, 4) is 0 Å². The fraction of sp³-hybridized carbons (Fsp3) is 0.296. The van der Waals surface area contributed by atoms with E-state index < -0.39 is 0 Å². The molecule has 7 heteroatoms. The Kier molecular flexibility index (Phi) is 4.40. The van der Waals surface area contributed by atoms with Crippen LogP contribution in [0.5, 0.6) is 0 Å². The molecule has 2 saturated carbocycles. The van der Waals surface area contributed by atoms with Gasteiger partial charge in [-0.2, -0.15) is 10.1 Å². The highest BCUT2D eigenvalue weighted by atomic mass is 35.5. The van der Waals surface area contributed by atoms with Crippen LogP contribution in [0.3, 0.4) is 0 Å². The molecule has 1 aromatic heterocycles. The summed E-state index contributed by atoms with van der Waals surface area (Å²) in [6, 6.07) is 13.6. The number of aromatic nitrogens is 1. The number of carbonyl (C=O) groups excluding carboxylic acids is 2.